The summed E-state index contributed by atoms with van der Waals surface area (Å²) in [5, 5.41) is 0. The molecule has 4 saturated carbocycles. The fourth-order valence-corrected chi connectivity index (χ4v) is 4.70. The van der Waals surface area contributed by atoms with E-state index in [-0.39, 0.29) is 18.9 Å². The van der Waals surface area contributed by atoms with E-state index in [0.717, 1.165) is 29.6 Å². The molecule has 0 saturated heterocycles. The minimum atomic E-state index is 0. The number of rotatable bonds is 1. The molecule has 0 amide bonds. The molecule has 0 aromatic carbocycles. The summed E-state index contributed by atoms with van der Waals surface area (Å²) in [4.78, 5) is 0. The monoisotopic (exact) mass is 172 g/mol. The van der Waals surface area contributed by atoms with Gasteiger partial charge < -0.3 is 0 Å². The van der Waals surface area contributed by atoms with Gasteiger partial charge in [-0.25, -0.2) is 0 Å². The minimum absolute atomic E-state index is 0. The topological polar surface area (TPSA) is 0 Å². The Hall–Kier alpha value is 0.597. The van der Waals surface area contributed by atoms with E-state index >= 15 is 0 Å². The molecule has 0 heterocycles. The van der Waals surface area contributed by atoms with Crippen LogP contribution in [-0.4, -0.2) is 18.9 Å². The zero-order valence-electron chi connectivity index (χ0n) is 8.13. The van der Waals surface area contributed by atoms with Crippen LogP contribution in [0.25, 0.3) is 0 Å². The first-order chi connectivity index (χ1) is 5.86. The molecule has 4 rings (SSSR count). The molecule has 4 aliphatic rings. The molecule has 4 fully saturated rings. The average Bonchev–Trinajstić information content (AvgIpc) is 2.02. The molecule has 4 aliphatic carbocycles. The quantitative estimate of drug-likeness (QED) is 0.533. The van der Waals surface area contributed by atoms with Crippen LogP contribution in [0.15, 0.2) is 0 Å². The van der Waals surface area contributed by atoms with Crippen molar-refractivity contribution in [2.75, 3.05) is 0 Å². The van der Waals surface area contributed by atoms with E-state index in [4.69, 9.17) is 0 Å². The van der Waals surface area contributed by atoms with Gasteiger partial charge in [-0.05, 0) is 61.7 Å². The van der Waals surface area contributed by atoms with Crippen LogP contribution < -0.4 is 0 Å². The van der Waals surface area contributed by atoms with E-state index < -0.39 is 0 Å². The zero-order valence-corrected chi connectivity index (χ0v) is 8.13. The maximum absolute atomic E-state index is 2.41. The SMILES string of the molecule is CCC1C2CC3CC(C2)CC1C3.[LiH]. The van der Waals surface area contributed by atoms with E-state index in [9.17, 15) is 0 Å². The van der Waals surface area contributed by atoms with Crippen LogP contribution in [0.4, 0.5) is 0 Å². The summed E-state index contributed by atoms with van der Waals surface area (Å²) in [5.41, 5.74) is 0. The van der Waals surface area contributed by atoms with Crippen molar-refractivity contribution in [3.63, 3.8) is 0 Å². The summed E-state index contributed by atoms with van der Waals surface area (Å²) >= 11 is 0. The van der Waals surface area contributed by atoms with Gasteiger partial charge in [0, 0.05) is 0 Å². The van der Waals surface area contributed by atoms with Gasteiger partial charge in [0.1, 0.15) is 0 Å². The Morgan fingerprint density at radius 1 is 0.846 bits per heavy atom. The summed E-state index contributed by atoms with van der Waals surface area (Å²) in [7, 11) is 0. The Bertz CT molecular complexity index is 160. The average molecular weight is 172 g/mol. The van der Waals surface area contributed by atoms with Gasteiger partial charge in [-0.1, -0.05) is 13.3 Å². The first-order valence-corrected chi connectivity index (χ1v) is 5.86. The second kappa shape index (κ2) is 3.63. The first kappa shape index (κ1) is 10.1. The Morgan fingerprint density at radius 3 is 1.69 bits per heavy atom. The van der Waals surface area contributed by atoms with Crippen molar-refractivity contribution in [2.24, 2.45) is 29.6 Å². The van der Waals surface area contributed by atoms with Crippen LogP contribution in [0.1, 0.15) is 45.4 Å². The van der Waals surface area contributed by atoms with Crippen LogP contribution in [0.2, 0.25) is 0 Å². The van der Waals surface area contributed by atoms with Crippen molar-refractivity contribution in [1.82, 2.24) is 0 Å². The second-order valence-electron chi connectivity index (χ2n) is 5.50. The Labute approximate surface area is 94.0 Å². The van der Waals surface area contributed by atoms with Crippen LogP contribution in [0.5, 0.6) is 0 Å². The molecule has 0 atom stereocenters. The molecular formula is C12H21Li. The van der Waals surface area contributed by atoms with E-state index in [1.165, 1.54) is 6.42 Å². The van der Waals surface area contributed by atoms with Crippen molar-refractivity contribution in [2.45, 2.75) is 45.4 Å². The molecule has 0 spiro atoms. The van der Waals surface area contributed by atoms with Crippen LogP contribution in [0.3, 0.4) is 0 Å². The molecule has 4 bridgehead atoms. The molecule has 0 N–H and O–H groups in total. The van der Waals surface area contributed by atoms with Gasteiger partial charge in [-0.2, -0.15) is 0 Å². The van der Waals surface area contributed by atoms with Gasteiger partial charge in [-0.3, -0.25) is 0 Å². The fraction of sp³-hybridized carbons (Fsp3) is 1.00. The molecular weight excluding hydrogens is 151 g/mol. The van der Waals surface area contributed by atoms with E-state index in [1.807, 2.05) is 0 Å². The van der Waals surface area contributed by atoms with E-state index in [0.29, 0.717) is 0 Å². The van der Waals surface area contributed by atoms with Crippen molar-refractivity contribution in [1.29, 1.82) is 0 Å². The van der Waals surface area contributed by atoms with Crippen molar-refractivity contribution in [3.05, 3.63) is 0 Å². The van der Waals surface area contributed by atoms with Crippen molar-refractivity contribution in [3.8, 4) is 0 Å². The Morgan fingerprint density at radius 2 is 1.31 bits per heavy atom. The van der Waals surface area contributed by atoms with Gasteiger partial charge in [0.05, 0.1) is 0 Å². The van der Waals surface area contributed by atoms with Crippen molar-refractivity contribution < 1.29 is 0 Å². The molecule has 1 heteroatoms. The zero-order chi connectivity index (χ0) is 8.13. The van der Waals surface area contributed by atoms with Crippen LogP contribution in [-0.2, 0) is 0 Å². The maximum atomic E-state index is 2.41. The second-order valence-corrected chi connectivity index (χ2v) is 5.50. The molecule has 70 valence electrons. The normalized spacial score (nSPS) is 51.9. The third-order valence-electron chi connectivity index (χ3n) is 4.89. The summed E-state index contributed by atoms with van der Waals surface area (Å²) in [6.45, 7) is 2.41. The van der Waals surface area contributed by atoms with E-state index in [2.05, 4.69) is 6.92 Å². The fourth-order valence-electron chi connectivity index (χ4n) is 4.70. The Balaban J connectivity index is 0.000000653. The third-order valence-corrected chi connectivity index (χ3v) is 4.89. The molecule has 0 nitrogen and oxygen atoms in total. The Kier molecular flexibility index (Phi) is 2.83. The summed E-state index contributed by atoms with van der Waals surface area (Å²) < 4.78 is 0. The third kappa shape index (κ3) is 1.51. The number of hydrogen-bond acceptors (Lipinski definition) is 0. The van der Waals surface area contributed by atoms with Gasteiger partial charge in [0.15, 0.2) is 0 Å². The van der Waals surface area contributed by atoms with Gasteiger partial charge in [-0.15, -0.1) is 0 Å². The van der Waals surface area contributed by atoms with E-state index in [1.54, 1.807) is 32.1 Å². The summed E-state index contributed by atoms with van der Waals surface area (Å²) in [5.74, 6) is 5.78. The molecule has 0 unspecified atom stereocenters. The van der Waals surface area contributed by atoms with Gasteiger partial charge >= 0.3 is 18.9 Å². The standard InChI is InChI=1S/C12H20.Li.H/c1-2-12-10-4-8-3-9(6-10)7-11(12)5-8;;/h8-12H,2-7H2,1H3;;. The van der Waals surface area contributed by atoms with Gasteiger partial charge in [0.2, 0.25) is 0 Å². The van der Waals surface area contributed by atoms with Gasteiger partial charge in [0.25, 0.3) is 0 Å². The molecule has 0 aromatic rings. The number of hydrogen-bond donors (Lipinski definition) is 0. The predicted molar refractivity (Wildman–Crippen MR) is 58.0 cm³/mol. The van der Waals surface area contributed by atoms with Crippen LogP contribution >= 0.6 is 0 Å². The molecule has 0 aromatic heterocycles. The summed E-state index contributed by atoms with van der Waals surface area (Å²) in [6.07, 6.45) is 9.48. The van der Waals surface area contributed by atoms with Crippen molar-refractivity contribution >= 4 is 18.9 Å². The van der Waals surface area contributed by atoms with Crippen LogP contribution in [0, 0.1) is 29.6 Å². The predicted octanol–water partition coefficient (Wildman–Crippen LogP) is 2.82. The first-order valence-electron chi connectivity index (χ1n) is 5.86. The molecule has 13 heavy (non-hydrogen) atoms. The molecule has 0 aliphatic heterocycles. The summed E-state index contributed by atoms with van der Waals surface area (Å²) in [6, 6.07) is 0. The molecule has 0 radical (unpaired) electrons.